The van der Waals surface area contributed by atoms with Crippen LogP contribution in [-0.2, 0) is 26.2 Å². The number of aryl methyl sites for hydroxylation is 1. The standard InChI is InChI=1S/C27H30ClN3O4S/c1-4-25(27(33)29-3)30(18-21-8-6-5-7-9-21)26(32)19-31(23-14-12-22(28)13-15-23)36(34,35)24-16-10-20(2)11-17-24/h5-17,25H,4,18-19H2,1-3H3,(H,29,33). The lowest BCUT2D eigenvalue weighted by Crippen LogP contribution is -2.51. The fraction of sp³-hybridized carbons (Fsp3) is 0.259. The highest BCUT2D eigenvalue weighted by Crippen LogP contribution is 2.26. The average molecular weight is 528 g/mol. The van der Waals surface area contributed by atoms with Crippen LogP contribution in [0.5, 0.6) is 0 Å². The van der Waals surface area contributed by atoms with Crippen molar-refractivity contribution < 1.29 is 18.0 Å². The molecule has 0 heterocycles. The molecule has 1 atom stereocenters. The highest BCUT2D eigenvalue weighted by Gasteiger charge is 2.33. The number of rotatable bonds is 10. The summed E-state index contributed by atoms with van der Waals surface area (Å²) in [5.41, 5.74) is 2.03. The smallest absolute Gasteiger partial charge is 0.264 e. The van der Waals surface area contributed by atoms with Gasteiger partial charge in [0.15, 0.2) is 0 Å². The van der Waals surface area contributed by atoms with E-state index in [0.29, 0.717) is 17.1 Å². The Balaban J connectivity index is 2.04. The molecule has 3 rings (SSSR count). The summed E-state index contributed by atoms with van der Waals surface area (Å²) in [6.07, 6.45) is 0.365. The SMILES string of the molecule is CCC(C(=O)NC)N(Cc1ccccc1)C(=O)CN(c1ccc(Cl)cc1)S(=O)(=O)c1ccc(C)cc1. The Bertz CT molecular complexity index is 1280. The minimum atomic E-state index is -4.10. The molecule has 2 amide bonds. The molecular weight excluding hydrogens is 498 g/mol. The maximum absolute atomic E-state index is 13.8. The molecule has 190 valence electrons. The largest absolute Gasteiger partial charge is 0.357 e. The van der Waals surface area contributed by atoms with Crippen LogP contribution in [0.2, 0.25) is 5.02 Å². The second-order valence-electron chi connectivity index (χ2n) is 8.35. The number of carbonyl (C=O) groups excluding carboxylic acids is 2. The van der Waals surface area contributed by atoms with Gasteiger partial charge in [0, 0.05) is 18.6 Å². The number of nitrogens with zero attached hydrogens (tertiary/aromatic N) is 2. The van der Waals surface area contributed by atoms with Crippen LogP contribution in [0.25, 0.3) is 0 Å². The van der Waals surface area contributed by atoms with Crippen molar-refractivity contribution in [1.29, 1.82) is 0 Å². The predicted molar refractivity (Wildman–Crippen MR) is 142 cm³/mol. The van der Waals surface area contributed by atoms with Crippen LogP contribution in [-0.4, -0.2) is 44.8 Å². The number of nitrogens with one attached hydrogen (secondary N) is 1. The molecule has 0 radical (unpaired) electrons. The molecule has 0 aromatic heterocycles. The Morgan fingerprint density at radius 2 is 1.56 bits per heavy atom. The van der Waals surface area contributed by atoms with Crippen LogP contribution >= 0.6 is 11.6 Å². The van der Waals surface area contributed by atoms with Gasteiger partial charge >= 0.3 is 0 Å². The molecule has 0 aliphatic rings. The van der Waals surface area contributed by atoms with Gasteiger partial charge in [0.2, 0.25) is 11.8 Å². The lowest BCUT2D eigenvalue weighted by molar-refractivity contribution is -0.140. The van der Waals surface area contributed by atoms with Crippen molar-refractivity contribution >= 4 is 39.1 Å². The zero-order valence-electron chi connectivity index (χ0n) is 20.5. The third-order valence-corrected chi connectivity index (χ3v) is 7.87. The molecule has 0 fully saturated rings. The average Bonchev–Trinajstić information content (AvgIpc) is 2.88. The normalized spacial score (nSPS) is 12.0. The Kier molecular flexibility index (Phi) is 9.12. The maximum atomic E-state index is 13.8. The molecule has 0 aliphatic heterocycles. The number of hydrogen-bond donors (Lipinski definition) is 1. The van der Waals surface area contributed by atoms with Gasteiger partial charge in [0.25, 0.3) is 10.0 Å². The third kappa shape index (κ3) is 6.44. The molecule has 0 bridgehead atoms. The first kappa shape index (κ1) is 27.2. The molecular formula is C27H30ClN3O4S. The molecule has 0 aliphatic carbocycles. The molecule has 1 N–H and O–H groups in total. The molecule has 7 nitrogen and oxygen atoms in total. The van der Waals surface area contributed by atoms with Gasteiger partial charge in [0.1, 0.15) is 12.6 Å². The zero-order chi connectivity index (χ0) is 26.3. The second kappa shape index (κ2) is 12.1. The number of likely N-dealkylation sites (N-methyl/N-ethyl adjacent to an activating group) is 1. The summed E-state index contributed by atoms with van der Waals surface area (Å²) in [4.78, 5) is 27.9. The number of carbonyl (C=O) groups is 2. The summed E-state index contributed by atoms with van der Waals surface area (Å²) in [6, 6.07) is 21.2. The van der Waals surface area contributed by atoms with Gasteiger partial charge in [-0.1, -0.05) is 66.6 Å². The topological polar surface area (TPSA) is 86.8 Å². The van der Waals surface area contributed by atoms with Crippen LogP contribution in [0, 0.1) is 6.92 Å². The van der Waals surface area contributed by atoms with Gasteiger partial charge in [0.05, 0.1) is 10.6 Å². The van der Waals surface area contributed by atoms with Crippen molar-refractivity contribution in [2.24, 2.45) is 0 Å². The molecule has 36 heavy (non-hydrogen) atoms. The third-order valence-electron chi connectivity index (χ3n) is 5.83. The zero-order valence-corrected chi connectivity index (χ0v) is 22.1. The monoisotopic (exact) mass is 527 g/mol. The van der Waals surface area contributed by atoms with E-state index in [-0.39, 0.29) is 17.3 Å². The number of halogens is 1. The Morgan fingerprint density at radius 3 is 2.11 bits per heavy atom. The first-order valence-electron chi connectivity index (χ1n) is 11.6. The summed E-state index contributed by atoms with van der Waals surface area (Å²) < 4.78 is 28.5. The lowest BCUT2D eigenvalue weighted by atomic mass is 10.1. The van der Waals surface area contributed by atoms with Gasteiger partial charge in [-0.3, -0.25) is 13.9 Å². The Hall–Kier alpha value is -3.36. The van der Waals surface area contributed by atoms with Gasteiger partial charge in [-0.15, -0.1) is 0 Å². The number of benzene rings is 3. The fourth-order valence-electron chi connectivity index (χ4n) is 3.84. The van der Waals surface area contributed by atoms with Crippen LogP contribution in [0.3, 0.4) is 0 Å². The quantitative estimate of drug-likeness (QED) is 0.423. The minimum Gasteiger partial charge on any atom is -0.357 e. The number of hydrogen-bond acceptors (Lipinski definition) is 4. The Morgan fingerprint density at radius 1 is 0.944 bits per heavy atom. The van der Waals surface area contributed by atoms with E-state index in [0.717, 1.165) is 15.4 Å². The fourth-order valence-corrected chi connectivity index (χ4v) is 5.38. The van der Waals surface area contributed by atoms with Crippen molar-refractivity contribution in [2.45, 2.75) is 37.8 Å². The molecule has 3 aromatic rings. The minimum absolute atomic E-state index is 0.0591. The van der Waals surface area contributed by atoms with Crippen LogP contribution in [0.4, 0.5) is 5.69 Å². The molecule has 0 spiro atoms. The van der Waals surface area contributed by atoms with E-state index in [4.69, 9.17) is 11.6 Å². The van der Waals surface area contributed by atoms with E-state index in [1.165, 1.54) is 24.1 Å². The molecule has 9 heteroatoms. The van der Waals surface area contributed by atoms with Gasteiger partial charge < -0.3 is 10.2 Å². The molecule has 1 unspecified atom stereocenters. The summed E-state index contributed by atoms with van der Waals surface area (Å²) in [5, 5.41) is 3.05. The van der Waals surface area contributed by atoms with Crippen LogP contribution in [0.15, 0.2) is 83.8 Å². The second-order valence-corrected chi connectivity index (χ2v) is 10.6. The van der Waals surface area contributed by atoms with Crippen molar-refractivity contribution in [3.8, 4) is 0 Å². The van der Waals surface area contributed by atoms with Crippen molar-refractivity contribution in [1.82, 2.24) is 10.2 Å². The van der Waals surface area contributed by atoms with Crippen molar-refractivity contribution in [3.05, 3.63) is 95.0 Å². The van der Waals surface area contributed by atoms with E-state index < -0.39 is 28.5 Å². The number of amides is 2. The van der Waals surface area contributed by atoms with E-state index in [1.54, 1.807) is 36.4 Å². The van der Waals surface area contributed by atoms with Crippen LogP contribution in [0.1, 0.15) is 24.5 Å². The van der Waals surface area contributed by atoms with E-state index in [1.807, 2.05) is 44.2 Å². The van der Waals surface area contributed by atoms with Crippen molar-refractivity contribution in [2.75, 3.05) is 17.9 Å². The predicted octanol–water partition coefficient (Wildman–Crippen LogP) is 4.40. The van der Waals surface area contributed by atoms with Gasteiger partial charge in [-0.2, -0.15) is 0 Å². The van der Waals surface area contributed by atoms with Crippen LogP contribution < -0.4 is 9.62 Å². The highest BCUT2D eigenvalue weighted by atomic mass is 35.5. The summed E-state index contributed by atoms with van der Waals surface area (Å²) in [6.45, 7) is 3.34. The molecule has 0 saturated heterocycles. The van der Waals surface area contributed by atoms with Gasteiger partial charge in [-0.25, -0.2) is 8.42 Å². The van der Waals surface area contributed by atoms with Crippen molar-refractivity contribution in [3.63, 3.8) is 0 Å². The van der Waals surface area contributed by atoms with E-state index in [9.17, 15) is 18.0 Å². The first-order chi connectivity index (χ1) is 17.2. The summed E-state index contributed by atoms with van der Waals surface area (Å²) in [5.74, 6) is -0.818. The van der Waals surface area contributed by atoms with E-state index >= 15 is 0 Å². The maximum Gasteiger partial charge on any atom is 0.264 e. The summed E-state index contributed by atoms with van der Waals surface area (Å²) >= 11 is 6.04. The van der Waals surface area contributed by atoms with Gasteiger partial charge in [-0.05, 0) is 55.3 Å². The first-order valence-corrected chi connectivity index (χ1v) is 13.4. The number of sulfonamides is 1. The molecule has 3 aromatic carbocycles. The van der Waals surface area contributed by atoms with E-state index in [2.05, 4.69) is 5.32 Å². The summed E-state index contributed by atoms with van der Waals surface area (Å²) in [7, 11) is -2.59. The number of anilines is 1. The Labute approximate surface area is 217 Å². The highest BCUT2D eigenvalue weighted by molar-refractivity contribution is 7.92. The molecule has 0 saturated carbocycles. The lowest BCUT2D eigenvalue weighted by Gasteiger charge is -2.33.